The molecule has 2 aliphatic carbocycles. The maximum Gasteiger partial charge on any atom is 0.255 e. The molecule has 0 aromatic heterocycles. The van der Waals surface area contributed by atoms with Crippen LogP contribution in [0.25, 0.3) is 11.3 Å². The molecule has 1 amide bonds. The number of primary amides is 1. The first-order valence-corrected chi connectivity index (χ1v) is 9.66. The number of likely N-dealkylation sites (N-methyl/N-ethyl adjacent to an activating group) is 1. The molecule has 7 N–H and O–H groups in total. The van der Waals surface area contributed by atoms with Crippen LogP contribution in [0.3, 0.4) is 0 Å². The largest absolute Gasteiger partial charge is 0.510 e. The highest BCUT2D eigenvalue weighted by molar-refractivity contribution is 6.26. The molecule has 170 valence electrons. The number of hydrogen-bond donors (Lipinski definition) is 6. The van der Waals surface area contributed by atoms with E-state index < -0.39 is 70.7 Å². The van der Waals surface area contributed by atoms with Crippen LogP contribution < -0.4 is 5.73 Å². The van der Waals surface area contributed by atoms with Gasteiger partial charge in [0.05, 0.1) is 24.1 Å². The molecular weight excluding hydrogens is 420 g/mol. The molecule has 0 radical (unpaired) electrons. The highest BCUT2D eigenvalue weighted by Gasteiger charge is 2.47. The van der Waals surface area contributed by atoms with Crippen LogP contribution in [0.5, 0.6) is 5.75 Å². The number of fused-ring (bicyclic) bond motifs is 2. The predicted molar refractivity (Wildman–Crippen MR) is 113 cm³/mol. The summed E-state index contributed by atoms with van der Waals surface area (Å²) in [4.78, 5) is 39.0. The van der Waals surface area contributed by atoms with E-state index in [9.17, 15) is 39.9 Å². The molecule has 2 aliphatic rings. The first-order chi connectivity index (χ1) is 14.9. The third kappa shape index (κ3) is 3.48. The third-order valence-electron chi connectivity index (χ3n) is 5.82. The van der Waals surface area contributed by atoms with Crippen LogP contribution in [-0.2, 0) is 14.4 Å². The normalized spacial score (nSPS) is 29.1. The third-order valence-corrected chi connectivity index (χ3v) is 5.82. The van der Waals surface area contributed by atoms with E-state index in [0.29, 0.717) is 0 Å². The fourth-order valence-electron chi connectivity index (χ4n) is 4.34. The van der Waals surface area contributed by atoms with Gasteiger partial charge in [0.15, 0.2) is 11.6 Å². The Balaban J connectivity index is 2.34. The van der Waals surface area contributed by atoms with E-state index in [2.05, 4.69) is 6.58 Å². The number of rotatable bonds is 2. The molecule has 1 aromatic rings. The summed E-state index contributed by atoms with van der Waals surface area (Å²) >= 11 is 0. The van der Waals surface area contributed by atoms with Crippen molar-refractivity contribution in [1.82, 2.24) is 4.90 Å². The number of carbonyl (C=O) groups is 3. The van der Waals surface area contributed by atoms with E-state index in [1.54, 1.807) is 0 Å². The summed E-state index contributed by atoms with van der Waals surface area (Å²) < 4.78 is 0. The number of aromatic hydroxyl groups is 1. The number of ketones is 2. The fraction of sp³-hybridized carbons (Fsp3) is 0.318. The number of hydrogen-bond acceptors (Lipinski definition) is 9. The Labute approximate surface area is 183 Å². The van der Waals surface area contributed by atoms with Gasteiger partial charge in [-0.25, -0.2) is 0 Å². The second kappa shape index (κ2) is 8.23. The molecule has 0 bridgehead atoms. The highest BCUT2D eigenvalue weighted by atomic mass is 16.3. The van der Waals surface area contributed by atoms with Gasteiger partial charge in [0.25, 0.3) is 5.91 Å². The van der Waals surface area contributed by atoms with Crippen LogP contribution in [0.1, 0.15) is 17.5 Å². The lowest BCUT2D eigenvalue weighted by atomic mass is 9.71. The molecule has 0 aliphatic heterocycles. The van der Waals surface area contributed by atoms with Crippen molar-refractivity contribution in [2.24, 2.45) is 11.7 Å². The Hall–Kier alpha value is -3.47. The summed E-state index contributed by atoms with van der Waals surface area (Å²) in [5.41, 5.74) is 4.14. The molecular formula is C22H24N2O8. The van der Waals surface area contributed by atoms with Crippen molar-refractivity contribution >= 4 is 28.8 Å². The Kier molecular flexibility index (Phi) is 5.96. The van der Waals surface area contributed by atoms with Crippen LogP contribution in [-0.4, -0.2) is 80.3 Å². The zero-order chi connectivity index (χ0) is 24.1. The van der Waals surface area contributed by atoms with Crippen LogP contribution in [0.15, 0.2) is 41.7 Å². The minimum atomic E-state index is -1.85. The Bertz CT molecular complexity index is 1100. The quantitative estimate of drug-likeness (QED) is 0.266. The maximum absolute atomic E-state index is 13.1. The lowest BCUT2D eigenvalue weighted by Gasteiger charge is -2.39. The average Bonchev–Trinajstić information content (AvgIpc) is 2.68. The van der Waals surface area contributed by atoms with Crippen molar-refractivity contribution < 1.29 is 39.9 Å². The van der Waals surface area contributed by atoms with Crippen molar-refractivity contribution in [2.75, 3.05) is 14.1 Å². The van der Waals surface area contributed by atoms with Gasteiger partial charge in [-0.15, -0.1) is 0 Å². The Morgan fingerprint density at radius 2 is 1.72 bits per heavy atom. The first kappa shape index (κ1) is 23.2. The Morgan fingerprint density at radius 1 is 1.09 bits per heavy atom. The molecule has 4 atom stereocenters. The average molecular weight is 444 g/mol. The van der Waals surface area contributed by atoms with Gasteiger partial charge in [-0.1, -0.05) is 18.7 Å². The van der Waals surface area contributed by atoms with Gasteiger partial charge in [-0.3, -0.25) is 19.3 Å². The minimum absolute atomic E-state index is 0.104. The monoisotopic (exact) mass is 444 g/mol. The zero-order valence-electron chi connectivity index (χ0n) is 17.4. The van der Waals surface area contributed by atoms with E-state index in [1.165, 1.54) is 37.2 Å². The second-order valence-corrected chi connectivity index (χ2v) is 8.00. The van der Waals surface area contributed by atoms with Crippen molar-refractivity contribution in [1.29, 1.82) is 0 Å². The molecule has 0 fully saturated rings. The molecule has 10 nitrogen and oxygen atoms in total. The number of Topliss-reactive ketones (excluding diaryl/α,β-unsaturated/α-hetero) is 2. The van der Waals surface area contributed by atoms with E-state index >= 15 is 0 Å². The van der Waals surface area contributed by atoms with Crippen molar-refractivity contribution in [3.63, 3.8) is 0 Å². The highest BCUT2D eigenvalue weighted by Crippen LogP contribution is 2.47. The van der Waals surface area contributed by atoms with Gasteiger partial charge in [-0.2, -0.15) is 0 Å². The second-order valence-electron chi connectivity index (χ2n) is 8.00. The molecule has 10 heteroatoms. The van der Waals surface area contributed by atoms with Crippen molar-refractivity contribution in [2.45, 2.75) is 24.7 Å². The topological polar surface area (TPSA) is 182 Å². The van der Waals surface area contributed by atoms with Gasteiger partial charge in [0.2, 0.25) is 0 Å². The lowest BCUT2D eigenvalue weighted by Crippen LogP contribution is -2.52. The van der Waals surface area contributed by atoms with E-state index in [4.69, 9.17) is 5.73 Å². The molecule has 3 rings (SSSR count). The number of nitrogens with two attached hydrogens (primary N) is 1. The van der Waals surface area contributed by atoms with Crippen LogP contribution in [0.4, 0.5) is 0 Å². The molecule has 0 saturated carbocycles. The van der Waals surface area contributed by atoms with E-state index in [0.717, 1.165) is 0 Å². The number of aliphatic hydroxyl groups is 4. The first-order valence-electron chi connectivity index (χ1n) is 9.66. The predicted octanol–water partition coefficient (Wildman–Crippen LogP) is -0.204. The van der Waals surface area contributed by atoms with E-state index in [1.807, 2.05) is 0 Å². The molecule has 0 spiro atoms. The molecule has 1 aromatic carbocycles. The summed E-state index contributed by atoms with van der Waals surface area (Å²) in [6.07, 6.45) is -4.62. The molecule has 0 unspecified atom stereocenters. The minimum Gasteiger partial charge on any atom is -0.510 e. The van der Waals surface area contributed by atoms with Crippen LogP contribution >= 0.6 is 0 Å². The SMILES string of the molecule is C=C1c2cccc(O)c2C(O)=C2C(=O)CC(=O)/C(C(N)=O)=C(/O)[C@@H](N(C)C)[C@@H](O)[C@@H](O)[C@H]12. The summed E-state index contributed by atoms with van der Waals surface area (Å²) in [6, 6.07) is 2.80. The lowest BCUT2D eigenvalue weighted by molar-refractivity contribution is -0.125. The molecule has 32 heavy (non-hydrogen) atoms. The fourth-order valence-corrected chi connectivity index (χ4v) is 4.34. The molecule has 0 saturated heterocycles. The van der Waals surface area contributed by atoms with Crippen molar-refractivity contribution in [3.05, 3.63) is 52.8 Å². The Morgan fingerprint density at radius 3 is 2.28 bits per heavy atom. The van der Waals surface area contributed by atoms with Gasteiger partial charge < -0.3 is 31.3 Å². The zero-order valence-corrected chi connectivity index (χ0v) is 17.4. The molecule has 0 heterocycles. The van der Waals surface area contributed by atoms with Gasteiger partial charge in [0, 0.05) is 11.5 Å². The standard InChI is InChI=1S/C22H24N2O8/c1-8-9-5-4-6-10(25)14(9)18(28)15-11(26)7-12(27)16(22(23)32)19(29)17(24(2)3)21(31)20(30)13(8)15/h4-6,13,17,20-21,25,28-31H,1,7H2,2-3H3,(H2,23,32)/b19-16-/t13-,17-,20+,21-/m1/s1. The van der Waals surface area contributed by atoms with Gasteiger partial charge in [0.1, 0.15) is 28.9 Å². The number of amides is 1. The number of nitrogens with zero attached hydrogens (tertiary/aromatic N) is 1. The maximum atomic E-state index is 13.1. The van der Waals surface area contributed by atoms with Crippen molar-refractivity contribution in [3.8, 4) is 5.75 Å². The summed E-state index contributed by atoms with van der Waals surface area (Å²) in [7, 11) is 2.85. The smallest absolute Gasteiger partial charge is 0.255 e. The number of phenols is 1. The number of aliphatic hydroxyl groups excluding tert-OH is 4. The summed E-state index contributed by atoms with van der Waals surface area (Å²) in [6.45, 7) is 3.89. The number of benzene rings is 1. The number of phenolic OH excluding ortho intramolecular Hbond substituents is 1. The van der Waals surface area contributed by atoms with Gasteiger partial charge >= 0.3 is 0 Å². The van der Waals surface area contributed by atoms with Gasteiger partial charge in [-0.05, 0) is 31.3 Å². The van der Waals surface area contributed by atoms with Crippen LogP contribution in [0.2, 0.25) is 0 Å². The van der Waals surface area contributed by atoms with Crippen LogP contribution in [0, 0.1) is 5.92 Å². The van der Waals surface area contributed by atoms with E-state index in [-0.39, 0.29) is 22.4 Å². The summed E-state index contributed by atoms with van der Waals surface area (Å²) in [5.74, 6) is -6.74. The number of carbonyl (C=O) groups excluding carboxylic acids is 3. The summed E-state index contributed by atoms with van der Waals surface area (Å²) in [5, 5.41) is 53.9.